The highest BCUT2D eigenvalue weighted by molar-refractivity contribution is 5.78. The number of carbonyl (C=O) groups excluding carboxylic acids is 1. The van der Waals surface area contributed by atoms with Crippen LogP contribution in [0.15, 0.2) is 18.3 Å². The van der Waals surface area contributed by atoms with E-state index in [1.807, 2.05) is 6.20 Å². The number of carbonyl (C=O) groups is 1. The predicted molar refractivity (Wildman–Crippen MR) is 106 cm³/mol. The molecule has 0 aromatic carbocycles. The number of hydrogen-bond acceptors (Lipinski definition) is 3. The van der Waals surface area contributed by atoms with Gasteiger partial charge < -0.3 is 4.90 Å². The molecule has 4 nitrogen and oxygen atoms in total. The number of aromatic nitrogens is 1. The molecule has 2 aliphatic heterocycles. The molecular formula is C22H35N3O. The Bertz CT molecular complexity index is 568. The van der Waals surface area contributed by atoms with E-state index in [0.717, 1.165) is 44.9 Å². The van der Waals surface area contributed by atoms with Crippen molar-refractivity contribution in [1.29, 1.82) is 0 Å². The summed E-state index contributed by atoms with van der Waals surface area (Å²) in [6, 6.07) is 4.43. The van der Waals surface area contributed by atoms with Gasteiger partial charge in [-0.25, -0.2) is 0 Å². The van der Waals surface area contributed by atoms with Gasteiger partial charge in [-0.2, -0.15) is 0 Å². The largest absolute Gasteiger partial charge is 0.342 e. The Morgan fingerprint density at radius 2 is 1.81 bits per heavy atom. The van der Waals surface area contributed by atoms with Crippen LogP contribution in [0, 0.1) is 5.92 Å². The zero-order valence-electron chi connectivity index (χ0n) is 16.8. The zero-order valence-corrected chi connectivity index (χ0v) is 16.8. The molecule has 0 N–H and O–H groups in total. The number of pyridine rings is 1. The first-order valence-electron chi connectivity index (χ1n) is 10.5. The molecule has 0 atom stereocenters. The van der Waals surface area contributed by atoms with Crippen LogP contribution in [0.4, 0.5) is 0 Å². The molecule has 2 aliphatic rings. The third-order valence-corrected chi connectivity index (χ3v) is 6.39. The van der Waals surface area contributed by atoms with Crippen molar-refractivity contribution in [3.05, 3.63) is 29.6 Å². The Hall–Kier alpha value is -1.42. The summed E-state index contributed by atoms with van der Waals surface area (Å²) in [5.74, 6) is 2.23. The first kappa shape index (κ1) is 19.3. The molecule has 0 saturated carbocycles. The van der Waals surface area contributed by atoms with E-state index in [2.05, 4.69) is 42.7 Å². The third kappa shape index (κ3) is 4.85. The van der Waals surface area contributed by atoms with Crippen molar-refractivity contribution in [3.8, 4) is 0 Å². The molecule has 0 bridgehead atoms. The van der Waals surface area contributed by atoms with Crippen LogP contribution in [-0.4, -0.2) is 53.4 Å². The molecule has 1 aromatic heterocycles. The van der Waals surface area contributed by atoms with Crippen molar-refractivity contribution in [3.63, 3.8) is 0 Å². The van der Waals surface area contributed by atoms with Gasteiger partial charge in [0.1, 0.15) is 0 Å². The van der Waals surface area contributed by atoms with E-state index in [0.29, 0.717) is 24.3 Å². The topological polar surface area (TPSA) is 36.4 Å². The summed E-state index contributed by atoms with van der Waals surface area (Å²) < 4.78 is 0. The van der Waals surface area contributed by atoms with Gasteiger partial charge in [0, 0.05) is 30.9 Å². The molecule has 1 aromatic rings. The molecule has 2 saturated heterocycles. The molecule has 0 aliphatic carbocycles. The van der Waals surface area contributed by atoms with Crippen LogP contribution in [0.3, 0.4) is 0 Å². The summed E-state index contributed by atoms with van der Waals surface area (Å²) in [6.07, 6.45) is 7.88. The lowest BCUT2D eigenvalue weighted by Crippen LogP contribution is -2.45. The average Bonchev–Trinajstić information content (AvgIpc) is 2.68. The SMILES string of the molecule is CCC1CCN(C(=O)CN2CCC(c3ccc(C(C)C)cn3)CC2)CC1. The molecule has 0 radical (unpaired) electrons. The summed E-state index contributed by atoms with van der Waals surface area (Å²) in [5.41, 5.74) is 2.53. The Labute approximate surface area is 159 Å². The smallest absolute Gasteiger partial charge is 0.236 e. The highest BCUT2D eigenvalue weighted by Crippen LogP contribution is 2.27. The highest BCUT2D eigenvalue weighted by atomic mass is 16.2. The molecule has 0 unspecified atom stereocenters. The summed E-state index contributed by atoms with van der Waals surface area (Å²) in [4.78, 5) is 21.7. The summed E-state index contributed by atoms with van der Waals surface area (Å²) >= 11 is 0. The quantitative estimate of drug-likeness (QED) is 0.798. The standard InChI is InChI=1S/C22H35N3O/c1-4-18-7-13-25(14-8-18)22(26)16-24-11-9-19(10-12-24)21-6-5-20(15-23-21)17(2)3/h5-6,15,17-19H,4,7-14,16H2,1-3H3. The molecule has 3 heterocycles. The van der Waals surface area contributed by atoms with E-state index in [9.17, 15) is 4.79 Å². The average molecular weight is 358 g/mol. The Kier molecular flexibility index (Phi) is 6.68. The predicted octanol–water partition coefficient (Wildman–Crippen LogP) is 4.03. The number of rotatable bonds is 5. The summed E-state index contributed by atoms with van der Waals surface area (Å²) in [5, 5.41) is 0. The molecular weight excluding hydrogens is 322 g/mol. The van der Waals surface area contributed by atoms with Crippen LogP contribution in [0.1, 0.15) is 76.0 Å². The minimum atomic E-state index is 0.331. The fourth-order valence-electron chi connectivity index (χ4n) is 4.27. The molecule has 0 spiro atoms. The third-order valence-electron chi connectivity index (χ3n) is 6.39. The second-order valence-corrected chi connectivity index (χ2v) is 8.45. The first-order chi connectivity index (χ1) is 12.6. The van der Waals surface area contributed by atoms with Gasteiger partial charge in [-0.15, -0.1) is 0 Å². The molecule has 1 amide bonds. The number of likely N-dealkylation sites (tertiary alicyclic amines) is 2. The maximum atomic E-state index is 12.6. The fourth-order valence-corrected chi connectivity index (χ4v) is 4.27. The van der Waals surface area contributed by atoms with Crippen LogP contribution in [0.5, 0.6) is 0 Å². The van der Waals surface area contributed by atoms with Gasteiger partial charge in [-0.1, -0.05) is 33.3 Å². The van der Waals surface area contributed by atoms with Crippen LogP contribution >= 0.6 is 0 Å². The maximum Gasteiger partial charge on any atom is 0.236 e. The lowest BCUT2D eigenvalue weighted by atomic mass is 9.92. The fraction of sp³-hybridized carbons (Fsp3) is 0.727. The number of nitrogens with zero attached hydrogens (tertiary/aromatic N) is 3. The second-order valence-electron chi connectivity index (χ2n) is 8.45. The molecule has 2 fully saturated rings. The van der Waals surface area contributed by atoms with Gasteiger partial charge in [-0.05, 0) is 62.2 Å². The monoisotopic (exact) mass is 357 g/mol. The molecule has 3 rings (SSSR count). The lowest BCUT2D eigenvalue weighted by Gasteiger charge is -2.35. The van der Waals surface area contributed by atoms with Gasteiger partial charge in [0.2, 0.25) is 5.91 Å². The van der Waals surface area contributed by atoms with E-state index >= 15 is 0 Å². The normalized spacial score (nSPS) is 20.7. The number of hydrogen-bond donors (Lipinski definition) is 0. The minimum Gasteiger partial charge on any atom is -0.342 e. The van der Waals surface area contributed by atoms with Gasteiger partial charge in [0.15, 0.2) is 0 Å². The van der Waals surface area contributed by atoms with Gasteiger partial charge in [0.25, 0.3) is 0 Å². The Balaban J connectivity index is 1.44. The van der Waals surface area contributed by atoms with Crippen molar-refractivity contribution in [2.24, 2.45) is 5.92 Å². The van der Waals surface area contributed by atoms with Crippen LogP contribution in [-0.2, 0) is 4.79 Å². The molecule has 4 heteroatoms. The first-order valence-corrected chi connectivity index (χ1v) is 10.5. The molecule has 26 heavy (non-hydrogen) atoms. The van der Waals surface area contributed by atoms with Crippen molar-refractivity contribution in [2.75, 3.05) is 32.7 Å². The van der Waals surface area contributed by atoms with Crippen molar-refractivity contribution >= 4 is 5.91 Å². The Morgan fingerprint density at radius 3 is 2.35 bits per heavy atom. The highest BCUT2D eigenvalue weighted by Gasteiger charge is 2.26. The van der Waals surface area contributed by atoms with E-state index in [4.69, 9.17) is 4.98 Å². The molecule has 144 valence electrons. The van der Waals surface area contributed by atoms with E-state index in [1.165, 1.54) is 30.5 Å². The zero-order chi connectivity index (χ0) is 18.5. The minimum absolute atomic E-state index is 0.331. The van der Waals surface area contributed by atoms with E-state index in [-0.39, 0.29) is 0 Å². The van der Waals surface area contributed by atoms with Crippen LogP contribution in [0.2, 0.25) is 0 Å². The van der Waals surface area contributed by atoms with Gasteiger partial charge in [-0.3, -0.25) is 14.7 Å². The van der Waals surface area contributed by atoms with Crippen molar-refractivity contribution < 1.29 is 4.79 Å². The summed E-state index contributed by atoms with van der Waals surface area (Å²) in [7, 11) is 0. The van der Waals surface area contributed by atoms with Crippen LogP contribution < -0.4 is 0 Å². The van der Waals surface area contributed by atoms with E-state index in [1.54, 1.807) is 0 Å². The van der Waals surface area contributed by atoms with E-state index < -0.39 is 0 Å². The Morgan fingerprint density at radius 1 is 1.12 bits per heavy atom. The van der Waals surface area contributed by atoms with Crippen molar-refractivity contribution in [1.82, 2.24) is 14.8 Å². The maximum absolute atomic E-state index is 12.6. The number of piperidine rings is 2. The van der Waals surface area contributed by atoms with Gasteiger partial charge >= 0.3 is 0 Å². The van der Waals surface area contributed by atoms with Crippen molar-refractivity contribution in [2.45, 2.75) is 64.7 Å². The second kappa shape index (κ2) is 8.98. The van der Waals surface area contributed by atoms with Gasteiger partial charge in [0.05, 0.1) is 6.54 Å². The number of amides is 1. The summed E-state index contributed by atoms with van der Waals surface area (Å²) in [6.45, 7) is 11.2. The lowest BCUT2D eigenvalue weighted by molar-refractivity contribution is -0.134. The van der Waals surface area contributed by atoms with Crippen LogP contribution in [0.25, 0.3) is 0 Å².